The number of nitrogens with two attached hydrogens (primary N) is 1. The largest absolute Gasteiger partial charge is 0.404 e. The van der Waals surface area contributed by atoms with Crippen molar-refractivity contribution in [2.24, 2.45) is 5.73 Å². The SMILES string of the molecule is C=C/C(=C(\C=C/C)c1ccc2cc(-c3ccc(/C(C=C)=C/N)cc3N(C)c3cccc4ccccc34)ccc2c1)c1ccccc1. The minimum absolute atomic E-state index is 0.893. The van der Waals surface area contributed by atoms with E-state index in [-0.39, 0.29) is 0 Å². The molecule has 0 aromatic heterocycles. The third-order valence-electron chi connectivity index (χ3n) is 8.59. The van der Waals surface area contributed by atoms with Crippen LogP contribution in [0, 0.1) is 0 Å². The van der Waals surface area contributed by atoms with Gasteiger partial charge >= 0.3 is 0 Å². The van der Waals surface area contributed by atoms with Gasteiger partial charge in [0.2, 0.25) is 0 Å². The van der Waals surface area contributed by atoms with Crippen LogP contribution >= 0.6 is 0 Å². The normalized spacial score (nSPS) is 12.3. The zero-order valence-corrected chi connectivity index (χ0v) is 26.4. The van der Waals surface area contributed by atoms with Gasteiger partial charge in [0.1, 0.15) is 0 Å². The molecule has 2 nitrogen and oxygen atoms in total. The molecule has 46 heavy (non-hydrogen) atoms. The lowest BCUT2D eigenvalue weighted by molar-refractivity contribution is 1.22. The average molecular weight is 595 g/mol. The van der Waals surface area contributed by atoms with Crippen LogP contribution in [0.3, 0.4) is 0 Å². The Bertz CT molecular complexity index is 2160. The standard InChI is InChI=1S/C44H38N2/c1-5-14-40(39(7-3)32-15-9-8-10-16-32)37-23-21-35-28-38(24-22-34(35)27-37)42-26-25-36(31(6-2)30-45)29-44(42)46(4)43-20-13-18-33-17-11-12-19-41(33)43/h5-30H,2-3,45H2,1,4H3/b14-5-,31-30+,40-39-. The molecule has 2 N–H and O–H groups in total. The first-order chi connectivity index (χ1) is 22.6. The van der Waals surface area contributed by atoms with E-state index in [0.717, 1.165) is 55.9 Å². The summed E-state index contributed by atoms with van der Waals surface area (Å²) in [5.41, 5.74) is 17.0. The van der Waals surface area contributed by atoms with Gasteiger partial charge in [-0.15, -0.1) is 0 Å². The molecule has 0 unspecified atom stereocenters. The molecule has 0 amide bonds. The topological polar surface area (TPSA) is 29.3 Å². The fourth-order valence-electron chi connectivity index (χ4n) is 6.24. The van der Waals surface area contributed by atoms with Gasteiger partial charge in [0.15, 0.2) is 0 Å². The summed E-state index contributed by atoms with van der Waals surface area (Å²) in [5.74, 6) is 0. The zero-order chi connectivity index (χ0) is 32.0. The van der Waals surface area contributed by atoms with Gasteiger partial charge in [0, 0.05) is 35.6 Å². The first-order valence-electron chi connectivity index (χ1n) is 15.6. The van der Waals surface area contributed by atoms with Crippen LogP contribution in [0.15, 0.2) is 171 Å². The van der Waals surface area contributed by atoms with E-state index in [0.29, 0.717) is 0 Å². The molecule has 0 atom stereocenters. The number of anilines is 2. The average Bonchev–Trinajstić information content (AvgIpc) is 3.11. The molecule has 6 rings (SSSR count). The van der Waals surface area contributed by atoms with E-state index in [1.807, 2.05) is 12.1 Å². The maximum atomic E-state index is 5.99. The highest BCUT2D eigenvalue weighted by Crippen LogP contribution is 2.40. The Kier molecular flexibility index (Phi) is 8.80. The number of fused-ring (bicyclic) bond motifs is 2. The summed E-state index contributed by atoms with van der Waals surface area (Å²) >= 11 is 0. The highest BCUT2D eigenvalue weighted by atomic mass is 15.1. The number of nitrogens with zero attached hydrogens (tertiary/aromatic N) is 1. The van der Waals surface area contributed by atoms with Gasteiger partial charge < -0.3 is 10.6 Å². The third-order valence-corrected chi connectivity index (χ3v) is 8.59. The van der Waals surface area contributed by atoms with Crippen molar-refractivity contribution >= 4 is 49.6 Å². The fourth-order valence-corrected chi connectivity index (χ4v) is 6.24. The number of benzene rings is 6. The van der Waals surface area contributed by atoms with Crippen molar-refractivity contribution in [3.05, 3.63) is 188 Å². The number of rotatable bonds is 9. The van der Waals surface area contributed by atoms with Crippen molar-refractivity contribution in [3.63, 3.8) is 0 Å². The minimum Gasteiger partial charge on any atom is -0.404 e. The Morgan fingerprint density at radius 2 is 1.33 bits per heavy atom. The van der Waals surface area contributed by atoms with Gasteiger partial charge in [-0.25, -0.2) is 0 Å². The second-order valence-electron chi connectivity index (χ2n) is 11.3. The summed E-state index contributed by atoms with van der Waals surface area (Å²) in [4.78, 5) is 2.28. The molecular weight excluding hydrogens is 556 g/mol. The molecular formula is C44H38N2. The fraction of sp³-hybridized carbons (Fsp3) is 0.0455. The van der Waals surface area contributed by atoms with Crippen molar-refractivity contribution in [2.45, 2.75) is 6.92 Å². The molecule has 0 aliphatic rings. The molecule has 0 saturated heterocycles. The second kappa shape index (κ2) is 13.4. The van der Waals surface area contributed by atoms with Crippen molar-refractivity contribution in [1.82, 2.24) is 0 Å². The number of allylic oxidation sites excluding steroid dienone is 7. The first-order valence-corrected chi connectivity index (χ1v) is 15.6. The Morgan fingerprint density at radius 3 is 2.09 bits per heavy atom. The van der Waals surface area contributed by atoms with Crippen LogP contribution in [0.5, 0.6) is 0 Å². The van der Waals surface area contributed by atoms with Gasteiger partial charge in [-0.1, -0.05) is 141 Å². The van der Waals surface area contributed by atoms with Crippen molar-refractivity contribution < 1.29 is 0 Å². The zero-order valence-electron chi connectivity index (χ0n) is 26.4. The predicted octanol–water partition coefficient (Wildman–Crippen LogP) is 11.6. The maximum Gasteiger partial charge on any atom is 0.0494 e. The van der Waals surface area contributed by atoms with Crippen LogP contribution in [0.1, 0.15) is 23.6 Å². The van der Waals surface area contributed by atoms with Gasteiger partial charge in [0.25, 0.3) is 0 Å². The second-order valence-corrected chi connectivity index (χ2v) is 11.3. The van der Waals surface area contributed by atoms with Crippen molar-refractivity contribution in [3.8, 4) is 11.1 Å². The lowest BCUT2D eigenvalue weighted by Crippen LogP contribution is -2.11. The maximum absolute atomic E-state index is 5.99. The Balaban J connectivity index is 1.48. The third kappa shape index (κ3) is 5.81. The van der Waals surface area contributed by atoms with E-state index in [4.69, 9.17) is 5.73 Å². The molecule has 0 bridgehead atoms. The summed E-state index contributed by atoms with van der Waals surface area (Å²) in [6.07, 6.45) is 9.63. The predicted molar refractivity (Wildman–Crippen MR) is 202 cm³/mol. The lowest BCUT2D eigenvalue weighted by atomic mass is 9.91. The Morgan fingerprint density at radius 1 is 0.609 bits per heavy atom. The quantitative estimate of drug-likeness (QED) is 0.133. The molecule has 0 aliphatic carbocycles. The molecule has 6 aromatic rings. The minimum atomic E-state index is 0.893. The Labute approximate surface area is 272 Å². The summed E-state index contributed by atoms with van der Waals surface area (Å²) in [7, 11) is 2.14. The van der Waals surface area contributed by atoms with Gasteiger partial charge in [-0.2, -0.15) is 0 Å². The van der Waals surface area contributed by atoms with Crippen LogP contribution in [0.25, 0.3) is 49.4 Å². The summed E-state index contributed by atoms with van der Waals surface area (Å²) in [6, 6.07) is 45.4. The molecule has 0 fully saturated rings. The van der Waals surface area contributed by atoms with Gasteiger partial charge in [-0.3, -0.25) is 0 Å². The van der Waals surface area contributed by atoms with E-state index in [1.54, 1.807) is 12.3 Å². The molecule has 0 heterocycles. The van der Waals surface area contributed by atoms with E-state index in [2.05, 4.69) is 166 Å². The molecule has 224 valence electrons. The van der Waals surface area contributed by atoms with E-state index < -0.39 is 0 Å². The molecule has 6 aromatic carbocycles. The van der Waals surface area contributed by atoms with Gasteiger partial charge in [-0.05, 0) is 86.3 Å². The Hall–Kier alpha value is -5.86. The van der Waals surface area contributed by atoms with Crippen LogP contribution in [-0.4, -0.2) is 7.05 Å². The van der Waals surface area contributed by atoms with Crippen molar-refractivity contribution in [1.29, 1.82) is 0 Å². The summed E-state index contributed by atoms with van der Waals surface area (Å²) < 4.78 is 0. The summed E-state index contributed by atoms with van der Waals surface area (Å²) in [6.45, 7) is 10.2. The van der Waals surface area contributed by atoms with E-state index >= 15 is 0 Å². The first kappa shape index (κ1) is 30.2. The smallest absolute Gasteiger partial charge is 0.0494 e. The summed E-state index contributed by atoms with van der Waals surface area (Å²) in [5, 5.41) is 4.77. The highest BCUT2D eigenvalue weighted by molar-refractivity contribution is 6.02. The van der Waals surface area contributed by atoms with Crippen LogP contribution in [0.4, 0.5) is 11.4 Å². The van der Waals surface area contributed by atoms with E-state index in [1.165, 1.54) is 21.5 Å². The van der Waals surface area contributed by atoms with Crippen LogP contribution in [-0.2, 0) is 0 Å². The molecule has 0 spiro atoms. The molecule has 0 saturated carbocycles. The van der Waals surface area contributed by atoms with Crippen molar-refractivity contribution in [2.75, 3.05) is 11.9 Å². The van der Waals surface area contributed by atoms with Gasteiger partial charge in [0.05, 0.1) is 0 Å². The van der Waals surface area contributed by atoms with Crippen LogP contribution in [0.2, 0.25) is 0 Å². The number of hydrogen-bond donors (Lipinski definition) is 1. The van der Waals surface area contributed by atoms with Crippen LogP contribution < -0.4 is 10.6 Å². The lowest BCUT2D eigenvalue weighted by Gasteiger charge is -2.25. The van der Waals surface area contributed by atoms with E-state index in [9.17, 15) is 0 Å². The molecule has 2 heteroatoms. The number of hydrogen-bond acceptors (Lipinski definition) is 2. The molecule has 0 radical (unpaired) electrons. The highest BCUT2D eigenvalue weighted by Gasteiger charge is 2.16. The molecule has 0 aliphatic heterocycles. The monoisotopic (exact) mass is 594 g/mol.